The fraction of sp³-hybridized carbons (Fsp3) is 0.524. The van der Waals surface area contributed by atoms with Crippen molar-refractivity contribution in [3.05, 3.63) is 23.8 Å². The van der Waals surface area contributed by atoms with Crippen LogP contribution in [0.2, 0.25) is 0 Å². The first-order valence-corrected chi connectivity index (χ1v) is 10.3. The number of hydrogen-bond acceptors (Lipinski definition) is 6. The zero-order valence-electron chi connectivity index (χ0n) is 17.6. The topological polar surface area (TPSA) is 99.3 Å². The number of likely N-dealkylation sites (N-methyl/N-ethyl adjacent to an activating group) is 2. The summed E-state index contributed by atoms with van der Waals surface area (Å²) in [4.78, 5) is 53.9. The van der Waals surface area contributed by atoms with E-state index in [-0.39, 0.29) is 30.0 Å². The second-order valence-corrected chi connectivity index (χ2v) is 7.46. The summed E-state index contributed by atoms with van der Waals surface area (Å²) in [6.07, 6.45) is 1.77. The number of esters is 1. The third-order valence-electron chi connectivity index (χ3n) is 5.60. The maximum Gasteiger partial charge on any atom is 0.338 e. The standard InChI is InChI=1S/C21H28N4O5/c1-4-24(5-2)18(26)12-23(3)19(27)13-30-21(29)14-8-9-16-15(11-14)22-20(28)17-7-6-10-25(16)17/h8-9,11,17H,4-7,10,12-13H2,1-3H3,(H,22,28)/t17-/m1/s1. The third-order valence-corrected chi connectivity index (χ3v) is 5.60. The van der Waals surface area contributed by atoms with Crippen LogP contribution in [0.15, 0.2) is 18.2 Å². The van der Waals surface area contributed by atoms with E-state index in [0.29, 0.717) is 18.8 Å². The van der Waals surface area contributed by atoms with Crippen LogP contribution >= 0.6 is 0 Å². The molecule has 1 atom stereocenters. The molecule has 2 aliphatic rings. The maximum atomic E-state index is 12.4. The highest BCUT2D eigenvalue weighted by molar-refractivity contribution is 6.05. The number of hydrogen-bond donors (Lipinski definition) is 1. The van der Waals surface area contributed by atoms with E-state index in [4.69, 9.17) is 4.74 Å². The van der Waals surface area contributed by atoms with Gasteiger partial charge in [-0.1, -0.05) is 0 Å². The summed E-state index contributed by atoms with van der Waals surface area (Å²) >= 11 is 0. The van der Waals surface area contributed by atoms with Crippen molar-refractivity contribution in [1.82, 2.24) is 9.80 Å². The number of carbonyl (C=O) groups is 4. The van der Waals surface area contributed by atoms with E-state index in [1.807, 2.05) is 13.8 Å². The summed E-state index contributed by atoms with van der Waals surface area (Å²) in [5.41, 5.74) is 1.71. The first kappa shape index (κ1) is 21.6. The van der Waals surface area contributed by atoms with Gasteiger partial charge in [-0.3, -0.25) is 14.4 Å². The van der Waals surface area contributed by atoms with Gasteiger partial charge < -0.3 is 24.8 Å². The molecule has 3 rings (SSSR count). The van der Waals surface area contributed by atoms with Crippen molar-refractivity contribution in [2.45, 2.75) is 32.7 Å². The molecule has 2 aliphatic heterocycles. The molecule has 2 heterocycles. The van der Waals surface area contributed by atoms with Gasteiger partial charge in [-0.2, -0.15) is 0 Å². The molecule has 0 aliphatic carbocycles. The summed E-state index contributed by atoms with van der Waals surface area (Å²) in [5, 5.41) is 2.85. The van der Waals surface area contributed by atoms with E-state index in [1.165, 1.54) is 11.9 Å². The van der Waals surface area contributed by atoms with Crippen LogP contribution in [-0.4, -0.2) is 79.4 Å². The normalized spacial score (nSPS) is 17.0. The average Bonchev–Trinajstić information content (AvgIpc) is 3.23. The van der Waals surface area contributed by atoms with Crippen molar-refractivity contribution >= 4 is 35.1 Å². The first-order chi connectivity index (χ1) is 14.3. The van der Waals surface area contributed by atoms with E-state index in [1.54, 1.807) is 23.1 Å². The molecule has 162 valence electrons. The Morgan fingerprint density at radius 3 is 2.63 bits per heavy atom. The predicted molar refractivity (Wildman–Crippen MR) is 111 cm³/mol. The van der Waals surface area contributed by atoms with Crippen LogP contribution in [-0.2, 0) is 19.1 Å². The van der Waals surface area contributed by atoms with Gasteiger partial charge >= 0.3 is 5.97 Å². The van der Waals surface area contributed by atoms with Crippen molar-refractivity contribution in [2.24, 2.45) is 0 Å². The molecule has 9 nitrogen and oxygen atoms in total. The summed E-state index contributed by atoms with van der Waals surface area (Å²) in [6.45, 7) is 5.16. The van der Waals surface area contributed by atoms with Gasteiger partial charge in [-0.05, 0) is 44.9 Å². The molecule has 30 heavy (non-hydrogen) atoms. The van der Waals surface area contributed by atoms with Gasteiger partial charge in [-0.15, -0.1) is 0 Å². The van der Waals surface area contributed by atoms with Crippen molar-refractivity contribution < 1.29 is 23.9 Å². The summed E-state index contributed by atoms with van der Waals surface area (Å²) in [7, 11) is 1.50. The van der Waals surface area contributed by atoms with Crippen LogP contribution in [0, 0.1) is 0 Å². The molecule has 1 saturated heterocycles. The first-order valence-electron chi connectivity index (χ1n) is 10.3. The molecule has 0 saturated carbocycles. The Hall–Kier alpha value is -3.10. The second kappa shape index (κ2) is 9.15. The summed E-state index contributed by atoms with van der Waals surface area (Å²) in [6, 6.07) is 4.84. The van der Waals surface area contributed by atoms with E-state index in [0.717, 1.165) is 25.1 Å². The zero-order chi connectivity index (χ0) is 21.8. The van der Waals surface area contributed by atoms with E-state index in [9.17, 15) is 19.2 Å². The quantitative estimate of drug-likeness (QED) is 0.668. The van der Waals surface area contributed by atoms with Crippen LogP contribution in [0.1, 0.15) is 37.0 Å². The Bertz CT molecular complexity index is 852. The molecule has 0 radical (unpaired) electrons. The van der Waals surface area contributed by atoms with Crippen molar-refractivity contribution in [1.29, 1.82) is 0 Å². The van der Waals surface area contributed by atoms with Crippen molar-refractivity contribution in [3.8, 4) is 0 Å². The molecule has 1 aromatic carbocycles. The van der Waals surface area contributed by atoms with Crippen molar-refractivity contribution in [2.75, 3.05) is 50.1 Å². The molecular formula is C21H28N4O5. The minimum atomic E-state index is -0.660. The lowest BCUT2D eigenvalue weighted by molar-refractivity contribution is -0.140. The number of ether oxygens (including phenoxy) is 1. The Balaban J connectivity index is 1.58. The minimum absolute atomic E-state index is 0.0693. The van der Waals surface area contributed by atoms with E-state index < -0.39 is 18.5 Å². The number of fused-ring (bicyclic) bond motifs is 3. The van der Waals surface area contributed by atoms with E-state index in [2.05, 4.69) is 10.2 Å². The number of rotatable bonds is 7. The molecule has 1 aromatic rings. The van der Waals surface area contributed by atoms with Crippen LogP contribution in [0.4, 0.5) is 11.4 Å². The highest BCUT2D eigenvalue weighted by Gasteiger charge is 2.36. The van der Waals surface area contributed by atoms with Gasteiger partial charge in [0.25, 0.3) is 5.91 Å². The van der Waals surface area contributed by atoms with Crippen LogP contribution in [0.5, 0.6) is 0 Å². The SMILES string of the molecule is CCN(CC)C(=O)CN(C)C(=O)COC(=O)c1ccc2c(c1)NC(=O)[C@H]1CCCN21. The molecule has 0 bridgehead atoms. The lowest BCUT2D eigenvalue weighted by Gasteiger charge is -2.33. The number of anilines is 2. The largest absolute Gasteiger partial charge is 0.452 e. The van der Waals surface area contributed by atoms with Crippen molar-refractivity contribution in [3.63, 3.8) is 0 Å². The Kier molecular flexibility index (Phi) is 6.59. The number of carbonyl (C=O) groups excluding carboxylic acids is 4. The second-order valence-electron chi connectivity index (χ2n) is 7.46. The van der Waals surface area contributed by atoms with Crippen LogP contribution < -0.4 is 10.2 Å². The van der Waals surface area contributed by atoms with E-state index >= 15 is 0 Å². The Morgan fingerprint density at radius 1 is 1.20 bits per heavy atom. The fourth-order valence-electron chi connectivity index (χ4n) is 3.85. The third kappa shape index (κ3) is 4.39. The summed E-state index contributed by atoms with van der Waals surface area (Å²) < 4.78 is 5.13. The van der Waals surface area contributed by atoms with Gasteiger partial charge in [-0.25, -0.2) is 4.79 Å². The molecule has 1 fully saturated rings. The smallest absolute Gasteiger partial charge is 0.338 e. The molecule has 0 aromatic heterocycles. The predicted octanol–water partition coefficient (Wildman–Crippen LogP) is 1.09. The number of amides is 3. The van der Waals surface area contributed by atoms with Gasteiger partial charge in [0.15, 0.2) is 6.61 Å². The van der Waals surface area contributed by atoms with Gasteiger partial charge in [0.1, 0.15) is 6.04 Å². The number of benzene rings is 1. The molecular weight excluding hydrogens is 388 g/mol. The van der Waals surface area contributed by atoms with Gasteiger partial charge in [0.2, 0.25) is 11.8 Å². The Labute approximate surface area is 175 Å². The molecule has 0 spiro atoms. The van der Waals surface area contributed by atoms with Gasteiger partial charge in [0.05, 0.1) is 23.5 Å². The molecule has 9 heteroatoms. The molecule has 1 N–H and O–H groups in total. The lowest BCUT2D eigenvalue weighted by Crippen LogP contribution is -2.44. The maximum absolute atomic E-state index is 12.4. The molecule has 0 unspecified atom stereocenters. The molecule has 3 amide bonds. The lowest BCUT2D eigenvalue weighted by atomic mass is 10.1. The number of nitrogens with zero attached hydrogens (tertiary/aromatic N) is 3. The van der Waals surface area contributed by atoms with Gasteiger partial charge in [0, 0.05) is 26.7 Å². The minimum Gasteiger partial charge on any atom is -0.452 e. The average molecular weight is 416 g/mol. The number of nitrogens with one attached hydrogen (secondary N) is 1. The van der Waals surface area contributed by atoms with Crippen LogP contribution in [0.25, 0.3) is 0 Å². The monoisotopic (exact) mass is 416 g/mol. The van der Waals surface area contributed by atoms with Crippen LogP contribution in [0.3, 0.4) is 0 Å². The summed E-state index contributed by atoms with van der Waals surface area (Å²) in [5.74, 6) is -1.35. The fourth-order valence-corrected chi connectivity index (χ4v) is 3.85. The zero-order valence-corrected chi connectivity index (χ0v) is 17.6. The highest BCUT2D eigenvalue weighted by atomic mass is 16.5. The highest BCUT2D eigenvalue weighted by Crippen LogP contribution is 2.37. The Morgan fingerprint density at radius 2 is 1.93 bits per heavy atom.